The predicted molar refractivity (Wildman–Crippen MR) is 264 cm³/mol. The monoisotopic (exact) mass is 942 g/mol. The van der Waals surface area contributed by atoms with Crippen LogP contribution in [0.4, 0.5) is 31.1 Å². The first-order chi connectivity index (χ1) is 32.4. The molecule has 0 aliphatic carbocycles. The summed E-state index contributed by atoms with van der Waals surface area (Å²) in [5.74, 6) is 0.196. The molecule has 0 bridgehead atoms. The smallest absolute Gasteiger partial charge is 0.264 e. The van der Waals surface area contributed by atoms with Crippen LogP contribution in [0.25, 0.3) is 0 Å². The second kappa shape index (κ2) is 23.6. The number of benzene rings is 2. The second-order valence-corrected chi connectivity index (χ2v) is 19.6. The zero-order valence-electron chi connectivity index (χ0n) is 39.7. The van der Waals surface area contributed by atoms with E-state index in [0.29, 0.717) is 61.9 Å². The molecule has 1 atom stereocenters. The molecule has 3 amide bonds. The Morgan fingerprint density at radius 1 is 0.940 bits per heavy atom. The third kappa shape index (κ3) is 12.6. The van der Waals surface area contributed by atoms with Crippen LogP contribution in [0.2, 0.25) is 0 Å². The summed E-state index contributed by atoms with van der Waals surface area (Å²) in [4.78, 5) is 49.7. The molecule has 3 aliphatic rings. The fraction of sp³-hybridized carbons (Fsp3) is 0.560. The van der Waals surface area contributed by atoms with E-state index >= 15 is 0 Å². The fourth-order valence-corrected chi connectivity index (χ4v) is 10.5. The normalized spacial score (nSPS) is 15.9. The summed E-state index contributed by atoms with van der Waals surface area (Å²) in [7, 11) is 1.76. The molecule has 3 aliphatic heterocycles. The summed E-state index contributed by atoms with van der Waals surface area (Å²) >= 11 is 1.46. The molecule has 5 N–H and O–H groups in total. The molecule has 17 heteroatoms. The molecule has 2 aromatic carbocycles. The van der Waals surface area contributed by atoms with E-state index < -0.39 is 12.3 Å². The van der Waals surface area contributed by atoms with Crippen LogP contribution in [0.15, 0.2) is 36.5 Å². The average molecular weight is 942 g/mol. The van der Waals surface area contributed by atoms with Crippen LogP contribution in [0.5, 0.6) is 0 Å². The number of hydrogen-bond donors (Lipinski definition) is 5. The lowest BCUT2D eigenvalue weighted by Gasteiger charge is -2.34. The number of aryl methyl sites for hydroxylation is 3. The van der Waals surface area contributed by atoms with Crippen LogP contribution >= 0.6 is 11.3 Å². The van der Waals surface area contributed by atoms with E-state index in [1.165, 1.54) is 30.4 Å². The number of amides is 3. The van der Waals surface area contributed by atoms with Crippen LogP contribution in [0.1, 0.15) is 138 Å². The standard InChI is InChI=1S/C50H69F2N11O3S/c1-33-25-38(14-15-40(33)49(66)58-50-57-29-34(2)67-50)55-19-10-8-6-5-7-9-11-20-56-46(65)32-60-22-16-39(17-23-60)63-44-18-24-61(35(3)64)31-43(44)48(59-63)62-21-12-13-36-26-41(37(28-53)30-54-4)42(47(51)52)27-45(36)62/h14-15,25-29,37,39,47,53-55H,5-13,16-24,30-32H2,1-4H3,(H,56,65)(H,57,58,66). The number of thiazole rings is 1. The lowest BCUT2D eigenvalue weighted by atomic mass is 9.89. The fourth-order valence-electron chi connectivity index (χ4n) is 9.87. The van der Waals surface area contributed by atoms with Crippen LogP contribution in [0.3, 0.4) is 0 Å². The largest absolute Gasteiger partial charge is 0.385 e. The van der Waals surface area contributed by atoms with Gasteiger partial charge in [-0.1, -0.05) is 38.2 Å². The van der Waals surface area contributed by atoms with Gasteiger partial charge in [-0.3, -0.25) is 29.3 Å². The van der Waals surface area contributed by atoms with E-state index in [1.54, 1.807) is 26.2 Å². The molecule has 67 heavy (non-hydrogen) atoms. The maximum atomic E-state index is 14.7. The SMILES string of the molecule is CNCC(C=N)c1cc2c(cc1C(F)F)N(c1nn(C3CCN(CC(=O)NCCCCCCCCCNc4ccc(C(=O)Nc5ncc(C)s5)c(C)c4)CC3)c3c1CN(C(C)=O)CC3)CCC2. The number of unbranched alkanes of at least 4 members (excludes halogenated alkanes) is 6. The van der Waals surface area contributed by atoms with Gasteiger partial charge in [-0.05, 0) is 100 Å². The van der Waals surface area contributed by atoms with Crippen molar-refractivity contribution in [2.75, 3.05) is 74.9 Å². The van der Waals surface area contributed by atoms with Gasteiger partial charge in [0, 0.05) is 116 Å². The number of nitrogens with zero attached hydrogens (tertiary/aromatic N) is 6. The van der Waals surface area contributed by atoms with Crippen molar-refractivity contribution < 1.29 is 23.2 Å². The summed E-state index contributed by atoms with van der Waals surface area (Å²) in [6, 6.07) is 9.45. The van der Waals surface area contributed by atoms with E-state index in [2.05, 4.69) is 40.7 Å². The average Bonchev–Trinajstić information content (AvgIpc) is 3.91. The second-order valence-electron chi connectivity index (χ2n) is 18.4. The zero-order valence-corrected chi connectivity index (χ0v) is 40.5. The molecule has 4 aromatic rings. The van der Waals surface area contributed by atoms with E-state index in [1.807, 2.05) is 43.0 Å². The first-order valence-electron chi connectivity index (χ1n) is 24.2. The lowest BCUT2D eigenvalue weighted by molar-refractivity contribution is -0.129. The molecule has 14 nitrogen and oxygen atoms in total. The highest BCUT2D eigenvalue weighted by Crippen LogP contribution is 2.43. The Balaban J connectivity index is 0.826. The topological polar surface area (TPSA) is 164 Å². The van der Waals surface area contributed by atoms with Gasteiger partial charge in [0.05, 0.1) is 19.1 Å². The van der Waals surface area contributed by atoms with Crippen molar-refractivity contribution in [1.82, 2.24) is 35.2 Å². The van der Waals surface area contributed by atoms with Crippen molar-refractivity contribution in [3.05, 3.63) is 80.5 Å². The van der Waals surface area contributed by atoms with Gasteiger partial charge in [-0.15, -0.1) is 11.3 Å². The number of hydrogen-bond acceptors (Lipinski definition) is 11. The quantitative estimate of drug-likeness (QED) is 0.0383. The van der Waals surface area contributed by atoms with Gasteiger partial charge in [0.1, 0.15) is 0 Å². The van der Waals surface area contributed by atoms with Gasteiger partial charge in [-0.2, -0.15) is 5.10 Å². The first-order valence-corrected chi connectivity index (χ1v) is 25.1. The van der Waals surface area contributed by atoms with Gasteiger partial charge in [0.2, 0.25) is 11.8 Å². The first kappa shape index (κ1) is 49.6. The van der Waals surface area contributed by atoms with Crippen molar-refractivity contribution in [2.24, 2.45) is 0 Å². The van der Waals surface area contributed by atoms with E-state index in [4.69, 9.17) is 10.5 Å². The molecule has 1 fully saturated rings. The number of carbonyl (C=O) groups excluding carboxylic acids is 3. The lowest BCUT2D eigenvalue weighted by Crippen LogP contribution is -2.42. The minimum Gasteiger partial charge on any atom is -0.385 e. The highest BCUT2D eigenvalue weighted by Gasteiger charge is 2.35. The summed E-state index contributed by atoms with van der Waals surface area (Å²) in [6.45, 7) is 11.0. The number of piperidine rings is 1. The third-order valence-electron chi connectivity index (χ3n) is 13.5. The molecular weight excluding hydrogens is 873 g/mol. The molecule has 1 unspecified atom stereocenters. The molecule has 362 valence electrons. The van der Waals surface area contributed by atoms with Gasteiger partial charge in [0.25, 0.3) is 12.3 Å². The van der Waals surface area contributed by atoms with Crippen LogP contribution in [-0.2, 0) is 29.0 Å². The number of likely N-dealkylation sites (tertiary alicyclic amines) is 1. The van der Waals surface area contributed by atoms with Crippen molar-refractivity contribution >= 4 is 57.6 Å². The number of fused-ring (bicyclic) bond motifs is 2. The molecular formula is C50H69F2N11O3S. The molecule has 2 aromatic heterocycles. The number of rotatable bonds is 22. The molecule has 0 saturated carbocycles. The number of alkyl halides is 2. The molecule has 0 spiro atoms. The van der Waals surface area contributed by atoms with Crippen molar-refractivity contribution in [2.45, 2.75) is 123 Å². The van der Waals surface area contributed by atoms with E-state index in [0.717, 1.165) is 122 Å². The van der Waals surface area contributed by atoms with Gasteiger partial charge < -0.3 is 31.2 Å². The van der Waals surface area contributed by atoms with E-state index in [-0.39, 0.29) is 29.3 Å². The Kier molecular flexibility index (Phi) is 17.5. The zero-order chi connectivity index (χ0) is 47.5. The number of nitrogens with one attached hydrogen (secondary N) is 5. The summed E-state index contributed by atoms with van der Waals surface area (Å²) in [6.07, 6.45) is 12.0. The summed E-state index contributed by atoms with van der Waals surface area (Å²) in [5.41, 5.74) is 6.82. The van der Waals surface area contributed by atoms with Crippen molar-refractivity contribution in [1.29, 1.82) is 5.41 Å². The minimum atomic E-state index is -2.69. The number of aromatic nitrogens is 3. The minimum absolute atomic E-state index is 0.000694. The van der Waals surface area contributed by atoms with E-state index in [9.17, 15) is 23.2 Å². The van der Waals surface area contributed by atoms with Crippen LogP contribution in [0, 0.1) is 19.3 Å². The predicted octanol–water partition coefficient (Wildman–Crippen LogP) is 8.68. The maximum absolute atomic E-state index is 14.7. The van der Waals surface area contributed by atoms with Crippen LogP contribution < -0.4 is 26.2 Å². The van der Waals surface area contributed by atoms with Gasteiger partial charge in [-0.25, -0.2) is 13.8 Å². The van der Waals surface area contributed by atoms with Gasteiger partial charge >= 0.3 is 0 Å². The maximum Gasteiger partial charge on any atom is 0.264 e. The molecule has 1 saturated heterocycles. The number of anilines is 4. The Hall–Kier alpha value is -5.26. The molecule has 7 rings (SSSR count). The van der Waals surface area contributed by atoms with Crippen molar-refractivity contribution in [3.8, 4) is 0 Å². The van der Waals surface area contributed by atoms with Crippen LogP contribution in [-0.4, -0.2) is 108 Å². The Morgan fingerprint density at radius 2 is 1.69 bits per heavy atom. The third-order valence-corrected chi connectivity index (χ3v) is 14.3. The Morgan fingerprint density at radius 3 is 2.36 bits per heavy atom. The van der Waals surface area contributed by atoms with Crippen molar-refractivity contribution in [3.63, 3.8) is 0 Å². The Labute approximate surface area is 398 Å². The Bertz CT molecular complexity index is 2340. The molecule has 5 heterocycles. The highest BCUT2D eigenvalue weighted by molar-refractivity contribution is 7.15. The number of carbonyl (C=O) groups is 3. The summed E-state index contributed by atoms with van der Waals surface area (Å²) in [5, 5.41) is 26.4. The van der Waals surface area contributed by atoms with Gasteiger partial charge in [0.15, 0.2) is 10.9 Å². The molecule has 0 radical (unpaired) electrons. The number of likely N-dealkylation sites (N-methyl/N-ethyl adjacent to an activating group) is 1. The summed E-state index contributed by atoms with van der Waals surface area (Å²) < 4.78 is 31.5. The number of halogens is 2. The highest BCUT2D eigenvalue weighted by atomic mass is 32.1.